The van der Waals surface area contributed by atoms with Crippen LogP contribution in [0.3, 0.4) is 0 Å². The summed E-state index contributed by atoms with van der Waals surface area (Å²) in [5, 5.41) is 7.34. The minimum atomic E-state index is -2.94. The van der Waals surface area contributed by atoms with E-state index in [4.69, 9.17) is 0 Å². The lowest BCUT2D eigenvalue weighted by Crippen LogP contribution is -2.14. The van der Waals surface area contributed by atoms with Crippen molar-refractivity contribution in [2.75, 3.05) is 5.32 Å². The fourth-order valence-corrected chi connectivity index (χ4v) is 3.01. The Kier molecular flexibility index (Phi) is 5.73. The molecular formula is C21H21F2N3O2. The maximum Gasteiger partial charge on any atom is 0.387 e. The average molecular weight is 385 g/mol. The number of alkyl halides is 2. The van der Waals surface area contributed by atoms with Gasteiger partial charge in [0.1, 0.15) is 5.75 Å². The van der Waals surface area contributed by atoms with Crippen molar-refractivity contribution in [1.29, 1.82) is 0 Å². The molecule has 0 atom stereocenters. The third-order valence-corrected chi connectivity index (χ3v) is 4.36. The number of aromatic nitrogens is 2. The summed E-state index contributed by atoms with van der Waals surface area (Å²) in [6.07, 6.45) is 0. The molecule has 0 radical (unpaired) electrons. The van der Waals surface area contributed by atoms with E-state index in [1.54, 1.807) is 0 Å². The standard InChI is InChI=1S/C21H21F2N3O2/c1-13-6-4-7-16(10-13)12-26-15(3)19(14(2)25-26)24-20(27)17-8-5-9-18(11-17)28-21(22)23/h4-11,21H,12H2,1-3H3,(H,24,27). The molecule has 1 N–H and O–H groups in total. The van der Waals surface area contributed by atoms with E-state index in [9.17, 15) is 13.6 Å². The van der Waals surface area contributed by atoms with Gasteiger partial charge in [-0.2, -0.15) is 13.9 Å². The molecule has 7 heteroatoms. The molecule has 1 amide bonds. The molecule has 0 saturated carbocycles. The predicted octanol–water partition coefficient (Wildman–Crippen LogP) is 4.71. The number of rotatable bonds is 6. The van der Waals surface area contributed by atoms with Crippen molar-refractivity contribution in [3.8, 4) is 5.75 Å². The lowest BCUT2D eigenvalue weighted by molar-refractivity contribution is -0.0498. The Balaban J connectivity index is 1.79. The summed E-state index contributed by atoms with van der Waals surface area (Å²) in [5.74, 6) is -0.479. The summed E-state index contributed by atoms with van der Waals surface area (Å²) < 4.78 is 30.9. The summed E-state index contributed by atoms with van der Waals surface area (Å²) in [4.78, 5) is 12.6. The number of nitrogens with zero attached hydrogens (tertiary/aromatic N) is 2. The van der Waals surface area contributed by atoms with E-state index in [2.05, 4.69) is 21.2 Å². The summed E-state index contributed by atoms with van der Waals surface area (Å²) in [6.45, 7) is 3.36. The highest BCUT2D eigenvalue weighted by Gasteiger charge is 2.16. The average Bonchev–Trinajstić information content (AvgIpc) is 2.89. The van der Waals surface area contributed by atoms with E-state index in [-0.39, 0.29) is 11.3 Å². The van der Waals surface area contributed by atoms with Gasteiger partial charge in [0.15, 0.2) is 0 Å². The molecule has 3 rings (SSSR count). The van der Waals surface area contributed by atoms with Gasteiger partial charge in [-0.25, -0.2) is 0 Å². The monoisotopic (exact) mass is 385 g/mol. The Labute approximate surface area is 161 Å². The van der Waals surface area contributed by atoms with Crippen LogP contribution in [0.2, 0.25) is 0 Å². The largest absolute Gasteiger partial charge is 0.435 e. The van der Waals surface area contributed by atoms with Gasteiger partial charge in [0, 0.05) is 5.56 Å². The van der Waals surface area contributed by atoms with Crippen molar-refractivity contribution in [3.05, 3.63) is 76.6 Å². The summed E-state index contributed by atoms with van der Waals surface area (Å²) >= 11 is 0. The van der Waals surface area contributed by atoms with Crippen LogP contribution in [-0.4, -0.2) is 22.3 Å². The number of aryl methyl sites for hydroxylation is 2. The Morgan fingerprint density at radius 3 is 2.61 bits per heavy atom. The van der Waals surface area contributed by atoms with Crippen molar-refractivity contribution in [2.24, 2.45) is 0 Å². The second kappa shape index (κ2) is 8.21. The molecule has 0 aliphatic carbocycles. The van der Waals surface area contributed by atoms with Crippen molar-refractivity contribution in [2.45, 2.75) is 33.9 Å². The smallest absolute Gasteiger partial charge is 0.387 e. The molecule has 0 bridgehead atoms. The number of ether oxygens (including phenoxy) is 1. The van der Waals surface area contributed by atoms with Crippen molar-refractivity contribution < 1.29 is 18.3 Å². The fourth-order valence-electron chi connectivity index (χ4n) is 3.01. The molecule has 1 aromatic heterocycles. The number of benzene rings is 2. The lowest BCUT2D eigenvalue weighted by Gasteiger charge is -2.09. The van der Waals surface area contributed by atoms with E-state index in [1.165, 1.54) is 29.8 Å². The zero-order valence-corrected chi connectivity index (χ0v) is 15.9. The molecule has 0 aliphatic rings. The van der Waals surface area contributed by atoms with Gasteiger partial charge >= 0.3 is 6.61 Å². The normalized spacial score (nSPS) is 10.9. The van der Waals surface area contributed by atoms with Gasteiger partial charge in [0.2, 0.25) is 0 Å². The Hall–Kier alpha value is -3.22. The van der Waals surface area contributed by atoms with Crippen LogP contribution in [0, 0.1) is 20.8 Å². The number of anilines is 1. The molecule has 2 aromatic carbocycles. The molecule has 0 spiro atoms. The topological polar surface area (TPSA) is 56.2 Å². The Bertz CT molecular complexity index is 999. The van der Waals surface area contributed by atoms with Gasteiger partial charge in [-0.05, 0) is 44.5 Å². The number of hydrogen-bond acceptors (Lipinski definition) is 3. The first kappa shape index (κ1) is 19.5. The highest BCUT2D eigenvalue weighted by Crippen LogP contribution is 2.23. The molecule has 5 nitrogen and oxygen atoms in total. The van der Waals surface area contributed by atoms with Crippen molar-refractivity contribution in [1.82, 2.24) is 9.78 Å². The van der Waals surface area contributed by atoms with E-state index < -0.39 is 12.5 Å². The molecule has 0 saturated heterocycles. The van der Waals surface area contributed by atoms with Crippen LogP contribution in [0.15, 0.2) is 48.5 Å². The number of nitrogens with one attached hydrogen (secondary N) is 1. The van der Waals surface area contributed by atoms with Gasteiger partial charge < -0.3 is 10.1 Å². The van der Waals surface area contributed by atoms with Gasteiger partial charge in [-0.1, -0.05) is 35.9 Å². The molecule has 3 aromatic rings. The highest BCUT2D eigenvalue weighted by atomic mass is 19.3. The first-order valence-corrected chi connectivity index (χ1v) is 8.79. The summed E-state index contributed by atoms with van der Waals surface area (Å²) in [7, 11) is 0. The second-order valence-corrected chi connectivity index (χ2v) is 6.55. The highest BCUT2D eigenvalue weighted by molar-refractivity contribution is 6.05. The number of halogens is 2. The lowest BCUT2D eigenvalue weighted by atomic mass is 10.1. The summed E-state index contributed by atoms with van der Waals surface area (Å²) in [6, 6.07) is 13.8. The number of carbonyl (C=O) groups is 1. The van der Waals surface area contributed by atoms with Crippen LogP contribution in [0.25, 0.3) is 0 Å². The molecule has 146 valence electrons. The maximum atomic E-state index is 12.6. The first-order chi connectivity index (χ1) is 13.3. The van der Waals surface area contributed by atoms with E-state index in [0.717, 1.165) is 11.3 Å². The molecule has 1 heterocycles. The van der Waals surface area contributed by atoms with Crippen molar-refractivity contribution >= 4 is 11.6 Å². The third kappa shape index (κ3) is 4.54. The van der Waals surface area contributed by atoms with E-state index in [1.807, 2.05) is 43.7 Å². The van der Waals surface area contributed by atoms with Gasteiger partial charge in [-0.15, -0.1) is 0 Å². The Morgan fingerprint density at radius 2 is 1.89 bits per heavy atom. The number of carbonyl (C=O) groups excluding carboxylic acids is 1. The molecule has 0 fully saturated rings. The first-order valence-electron chi connectivity index (χ1n) is 8.79. The maximum absolute atomic E-state index is 12.6. The minimum Gasteiger partial charge on any atom is -0.435 e. The van der Waals surface area contributed by atoms with Crippen LogP contribution in [0.5, 0.6) is 5.75 Å². The fraction of sp³-hybridized carbons (Fsp3) is 0.238. The molecule has 0 aliphatic heterocycles. The molecule has 28 heavy (non-hydrogen) atoms. The van der Waals surface area contributed by atoms with Crippen molar-refractivity contribution in [3.63, 3.8) is 0 Å². The van der Waals surface area contributed by atoms with Gasteiger partial charge in [-0.3, -0.25) is 9.48 Å². The zero-order valence-electron chi connectivity index (χ0n) is 15.9. The van der Waals surface area contributed by atoms with Crippen LogP contribution in [0.4, 0.5) is 14.5 Å². The summed E-state index contributed by atoms with van der Waals surface area (Å²) in [5.41, 5.74) is 4.60. The minimum absolute atomic E-state index is 0.0637. The Morgan fingerprint density at radius 1 is 1.14 bits per heavy atom. The number of hydrogen-bond donors (Lipinski definition) is 1. The number of amides is 1. The van der Waals surface area contributed by atoms with E-state index >= 15 is 0 Å². The van der Waals surface area contributed by atoms with Gasteiger partial charge in [0.05, 0.1) is 23.6 Å². The quantitative estimate of drug-likeness (QED) is 0.669. The second-order valence-electron chi connectivity index (χ2n) is 6.55. The predicted molar refractivity (Wildman–Crippen MR) is 103 cm³/mol. The van der Waals surface area contributed by atoms with Gasteiger partial charge in [0.25, 0.3) is 5.91 Å². The molecule has 0 unspecified atom stereocenters. The van der Waals surface area contributed by atoms with Crippen LogP contribution in [0.1, 0.15) is 32.9 Å². The third-order valence-electron chi connectivity index (χ3n) is 4.36. The van der Waals surface area contributed by atoms with E-state index in [0.29, 0.717) is 17.9 Å². The SMILES string of the molecule is Cc1cccc(Cn2nc(C)c(NC(=O)c3cccc(OC(F)F)c3)c2C)c1. The van der Waals surface area contributed by atoms with Crippen LogP contribution < -0.4 is 10.1 Å². The van der Waals surface area contributed by atoms with Crippen LogP contribution in [-0.2, 0) is 6.54 Å². The molecular weight excluding hydrogens is 364 g/mol. The van der Waals surface area contributed by atoms with Crippen LogP contribution >= 0.6 is 0 Å². The zero-order chi connectivity index (χ0) is 20.3.